The molecule has 0 aromatic rings. The number of ether oxygens (including phenoxy) is 4. The first kappa shape index (κ1) is 23.4. The Labute approximate surface area is 166 Å². The van der Waals surface area contributed by atoms with E-state index in [0.717, 1.165) is 51.4 Å². The highest BCUT2D eigenvalue weighted by atomic mass is 28.5. The maximum Gasteiger partial charge on any atom is 0.326 e. The zero-order valence-electron chi connectivity index (χ0n) is 17.5. The Morgan fingerprint density at radius 3 is 1.52 bits per heavy atom. The second-order valence-electron chi connectivity index (χ2n) is 7.50. The van der Waals surface area contributed by atoms with Gasteiger partial charge in [-0.2, -0.15) is 0 Å². The van der Waals surface area contributed by atoms with Gasteiger partial charge < -0.3 is 31.9 Å². The molecule has 2 saturated heterocycles. The second-order valence-corrected chi connectivity index (χ2v) is 14.4. The summed E-state index contributed by atoms with van der Waals surface area (Å²) in [6.45, 7) is 14.2. The minimum atomic E-state index is -2.30. The maximum absolute atomic E-state index is 6.66. The minimum Gasteiger partial charge on any atom is -0.415 e. The fourth-order valence-electron chi connectivity index (χ4n) is 3.12. The quantitative estimate of drug-likeness (QED) is 0.191. The van der Waals surface area contributed by atoms with Crippen LogP contribution in [0.5, 0.6) is 0 Å². The highest BCUT2D eigenvalue weighted by Crippen LogP contribution is 2.26. The Morgan fingerprint density at radius 1 is 0.778 bits per heavy atom. The molecule has 9 heteroatoms. The van der Waals surface area contributed by atoms with Crippen LogP contribution >= 0.6 is 0 Å². The Bertz CT molecular complexity index is 373. The summed E-state index contributed by atoms with van der Waals surface area (Å²) < 4.78 is 40.6. The topological polar surface area (TPSA) is 71.2 Å². The van der Waals surface area contributed by atoms with E-state index in [-0.39, 0.29) is 0 Å². The third-order valence-corrected chi connectivity index (χ3v) is 12.4. The molecule has 0 bridgehead atoms. The van der Waals surface area contributed by atoms with Crippen molar-refractivity contribution in [1.29, 1.82) is 0 Å². The smallest absolute Gasteiger partial charge is 0.326 e. The molecule has 0 amide bonds. The van der Waals surface area contributed by atoms with Crippen molar-refractivity contribution in [3.05, 3.63) is 0 Å². The Morgan fingerprint density at radius 2 is 1.19 bits per heavy atom. The standard InChI is InChI=1S/C18H38O7Si2/c1-5-23-26(3,11-7-9-19-13-17-15-21-17)25-27(4,24-6-2)12-8-10-20-14-18-16-22-18/h17-18H,5-16H2,1-4H3. The lowest BCUT2D eigenvalue weighted by molar-refractivity contribution is 0.112. The Kier molecular flexibility index (Phi) is 10.4. The summed E-state index contributed by atoms with van der Waals surface area (Å²) in [7, 11) is -4.59. The first-order valence-corrected chi connectivity index (χ1v) is 15.4. The molecular weight excluding hydrogens is 384 g/mol. The number of rotatable bonds is 18. The fraction of sp³-hybridized carbons (Fsp3) is 1.00. The van der Waals surface area contributed by atoms with Crippen LogP contribution in [0.4, 0.5) is 0 Å². The average molecular weight is 423 g/mol. The number of hydrogen-bond donors (Lipinski definition) is 0. The van der Waals surface area contributed by atoms with Crippen LogP contribution in [0.1, 0.15) is 26.7 Å². The summed E-state index contributed by atoms with van der Waals surface area (Å²) in [6.07, 6.45) is 2.52. The predicted molar refractivity (Wildman–Crippen MR) is 108 cm³/mol. The van der Waals surface area contributed by atoms with Crippen molar-refractivity contribution < 1.29 is 31.9 Å². The summed E-state index contributed by atoms with van der Waals surface area (Å²) in [4.78, 5) is 0. The number of epoxide rings is 2. The van der Waals surface area contributed by atoms with Gasteiger partial charge in [-0.05, 0) is 51.9 Å². The van der Waals surface area contributed by atoms with Crippen molar-refractivity contribution >= 4 is 17.1 Å². The first-order valence-electron chi connectivity index (χ1n) is 10.4. The van der Waals surface area contributed by atoms with Gasteiger partial charge in [-0.25, -0.2) is 0 Å². The molecular formula is C18H38O7Si2. The first-order chi connectivity index (χ1) is 13.0. The third kappa shape index (κ3) is 10.5. The lowest BCUT2D eigenvalue weighted by Crippen LogP contribution is -2.52. The molecule has 2 rings (SSSR count). The van der Waals surface area contributed by atoms with Crippen LogP contribution in [0, 0.1) is 0 Å². The van der Waals surface area contributed by atoms with Gasteiger partial charge in [0, 0.05) is 26.4 Å². The highest BCUT2D eigenvalue weighted by Gasteiger charge is 2.42. The van der Waals surface area contributed by atoms with Crippen molar-refractivity contribution in [1.82, 2.24) is 0 Å². The van der Waals surface area contributed by atoms with Gasteiger partial charge in [0.15, 0.2) is 0 Å². The molecule has 0 radical (unpaired) electrons. The molecule has 2 aliphatic heterocycles. The van der Waals surface area contributed by atoms with E-state index in [4.69, 9.17) is 31.9 Å². The zero-order valence-corrected chi connectivity index (χ0v) is 19.5. The summed E-state index contributed by atoms with van der Waals surface area (Å²) in [5.41, 5.74) is 0. The largest absolute Gasteiger partial charge is 0.415 e. The van der Waals surface area contributed by atoms with E-state index < -0.39 is 17.1 Å². The van der Waals surface area contributed by atoms with Crippen molar-refractivity contribution in [2.24, 2.45) is 0 Å². The van der Waals surface area contributed by atoms with Gasteiger partial charge in [-0.3, -0.25) is 0 Å². The SMILES string of the molecule is CCO[Si](C)(CCCOCC1CO1)O[Si](C)(CCCOCC1CO1)OCC. The van der Waals surface area contributed by atoms with Crippen molar-refractivity contribution in [3.8, 4) is 0 Å². The Hall–Kier alpha value is 0.154. The van der Waals surface area contributed by atoms with Crippen LogP contribution in [0.3, 0.4) is 0 Å². The van der Waals surface area contributed by atoms with E-state index >= 15 is 0 Å². The lowest BCUT2D eigenvalue weighted by Gasteiger charge is -2.36. The van der Waals surface area contributed by atoms with E-state index in [1.807, 2.05) is 13.8 Å². The van der Waals surface area contributed by atoms with Crippen LogP contribution in [-0.2, 0) is 31.9 Å². The van der Waals surface area contributed by atoms with Crippen LogP contribution in [0.15, 0.2) is 0 Å². The molecule has 160 valence electrons. The molecule has 4 unspecified atom stereocenters. The molecule has 0 aromatic heterocycles. The van der Waals surface area contributed by atoms with Gasteiger partial charge in [0.2, 0.25) is 0 Å². The monoisotopic (exact) mass is 422 g/mol. The van der Waals surface area contributed by atoms with E-state index in [0.29, 0.717) is 38.6 Å². The molecule has 0 spiro atoms. The van der Waals surface area contributed by atoms with Crippen LogP contribution in [0.2, 0.25) is 25.2 Å². The van der Waals surface area contributed by atoms with E-state index in [9.17, 15) is 0 Å². The molecule has 2 fully saturated rings. The van der Waals surface area contributed by atoms with Gasteiger partial charge in [-0.15, -0.1) is 0 Å². The molecule has 2 aliphatic rings. The normalized spacial score (nSPS) is 25.8. The molecule has 7 nitrogen and oxygen atoms in total. The summed E-state index contributed by atoms with van der Waals surface area (Å²) >= 11 is 0. The van der Waals surface area contributed by atoms with Gasteiger partial charge in [-0.1, -0.05) is 0 Å². The van der Waals surface area contributed by atoms with Crippen LogP contribution in [0.25, 0.3) is 0 Å². The van der Waals surface area contributed by atoms with E-state index in [1.165, 1.54) is 0 Å². The summed E-state index contributed by atoms with van der Waals surface area (Å²) in [6, 6.07) is 1.83. The average Bonchev–Trinajstić information content (AvgIpc) is 3.49. The molecule has 0 aromatic carbocycles. The molecule has 0 N–H and O–H groups in total. The molecule has 0 aliphatic carbocycles. The minimum absolute atomic E-state index is 0.319. The van der Waals surface area contributed by atoms with Crippen molar-refractivity contribution in [3.63, 3.8) is 0 Å². The zero-order chi connectivity index (χ0) is 19.6. The Balaban J connectivity index is 1.72. The molecule has 0 saturated carbocycles. The van der Waals surface area contributed by atoms with Gasteiger partial charge in [0.05, 0.1) is 26.4 Å². The predicted octanol–water partition coefficient (Wildman–Crippen LogP) is 2.83. The van der Waals surface area contributed by atoms with E-state index in [2.05, 4.69) is 13.1 Å². The maximum atomic E-state index is 6.66. The van der Waals surface area contributed by atoms with Gasteiger partial charge in [0.1, 0.15) is 12.2 Å². The van der Waals surface area contributed by atoms with Crippen LogP contribution < -0.4 is 0 Å². The molecule has 2 heterocycles. The van der Waals surface area contributed by atoms with Gasteiger partial charge >= 0.3 is 17.1 Å². The summed E-state index contributed by atoms with van der Waals surface area (Å²) in [5, 5.41) is 0. The van der Waals surface area contributed by atoms with E-state index in [1.54, 1.807) is 0 Å². The lowest BCUT2D eigenvalue weighted by atomic mass is 10.5. The highest BCUT2D eigenvalue weighted by molar-refractivity contribution is 6.80. The molecule has 27 heavy (non-hydrogen) atoms. The number of hydrogen-bond acceptors (Lipinski definition) is 7. The van der Waals surface area contributed by atoms with Gasteiger partial charge in [0.25, 0.3) is 0 Å². The molecule has 4 atom stereocenters. The third-order valence-electron chi connectivity index (χ3n) is 4.58. The fourth-order valence-corrected chi connectivity index (χ4v) is 11.1. The second kappa shape index (κ2) is 12.0. The van der Waals surface area contributed by atoms with Crippen molar-refractivity contribution in [2.45, 2.75) is 64.1 Å². The van der Waals surface area contributed by atoms with Crippen LogP contribution in [-0.4, -0.2) is 82.2 Å². The van der Waals surface area contributed by atoms with Crippen molar-refractivity contribution in [2.75, 3.05) is 52.9 Å². The summed E-state index contributed by atoms with van der Waals surface area (Å²) in [5.74, 6) is 0.